The summed E-state index contributed by atoms with van der Waals surface area (Å²) < 4.78 is 10.4. The molecule has 0 aromatic heterocycles. The van der Waals surface area contributed by atoms with Crippen molar-refractivity contribution in [3.63, 3.8) is 0 Å². The van der Waals surface area contributed by atoms with Crippen molar-refractivity contribution in [2.24, 2.45) is 0 Å². The van der Waals surface area contributed by atoms with Crippen LogP contribution in [0.15, 0.2) is 72.8 Å². The van der Waals surface area contributed by atoms with E-state index in [-0.39, 0.29) is 12.1 Å². The molecule has 0 aliphatic carbocycles. The molecule has 8 nitrogen and oxygen atoms in total. The molecule has 176 valence electrons. The van der Waals surface area contributed by atoms with E-state index < -0.39 is 0 Å². The lowest BCUT2D eigenvalue weighted by molar-refractivity contribution is 0.192. The zero-order valence-corrected chi connectivity index (χ0v) is 19.3. The number of methoxy groups -OCH3 is 2. The molecule has 4 rings (SSSR count). The van der Waals surface area contributed by atoms with Crippen LogP contribution in [0.4, 0.5) is 26.7 Å². The molecule has 0 saturated carbocycles. The first-order valence-corrected chi connectivity index (χ1v) is 11.1. The van der Waals surface area contributed by atoms with Gasteiger partial charge in [0.05, 0.1) is 14.2 Å². The molecule has 1 aliphatic heterocycles. The van der Waals surface area contributed by atoms with Crippen LogP contribution in [-0.4, -0.2) is 44.3 Å². The van der Waals surface area contributed by atoms with Crippen molar-refractivity contribution in [1.29, 1.82) is 0 Å². The van der Waals surface area contributed by atoms with Gasteiger partial charge in [0.1, 0.15) is 11.5 Å². The number of urea groups is 2. The van der Waals surface area contributed by atoms with Crippen LogP contribution in [-0.2, 0) is 6.54 Å². The van der Waals surface area contributed by atoms with Gasteiger partial charge in [-0.25, -0.2) is 9.59 Å². The van der Waals surface area contributed by atoms with E-state index in [0.717, 1.165) is 23.4 Å². The van der Waals surface area contributed by atoms with E-state index in [9.17, 15) is 9.59 Å². The molecular formula is C26H28N4O4. The summed E-state index contributed by atoms with van der Waals surface area (Å²) in [4.78, 5) is 29.1. The number of benzene rings is 3. The second-order valence-corrected chi connectivity index (χ2v) is 7.92. The zero-order valence-electron chi connectivity index (χ0n) is 19.3. The van der Waals surface area contributed by atoms with E-state index in [4.69, 9.17) is 9.47 Å². The number of nitrogens with one attached hydrogen (secondary N) is 2. The first-order valence-electron chi connectivity index (χ1n) is 11.1. The van der Waals surface area contributed by atoms with Crippen LogP contribution in [0.25, 0.3) is 0 Å². The normalized spacial score (nSPS) is 13.4. The van der Waals surface area contributed by atoms with Gasteiger partial charge >= 0.3 is 12.1 Å². The molecule has 8 heteroatoms. The molecule has 0 spiro atoms. The fourth-order valence-corrected chi connectivity index (χ4v) is 3.84. The van der Waals surface area contributed by atoms with Gasteiger partial charge in [-0.05, 0) is 60.5 Å². The number of anilines is 3. The van der Waals surface area contributed by atoms with Gasteiger partial charge in [0.15, 0.2) is 0 Å². The molecule has 4 amide bonds. The summed E-state index contributed by atoms with van der Waals surface area (Å²) in [5.41, 5.74) is 3.11. The third-order valence-corrected chi connectivity index (χ3v) is 5.61. The molecule has 3 aromatic carbocycles. The monoisotopic (exact) mass is 460 g/mol. The molecule has 2 N–H and O–H groups in total. The molecule has 0 bridgehead atoms. The Bertz CT molecular complexity index is 1130. The minimum absolute atomic E-state index is 0.0291. The van der Waals surface area contributed by atoms with Gasteiger partial charge < -0.3 is 25.0 Å². The van der Waals surface area contributed by atoms with Crippen molar-refractivity contribution in [1.82, 2.24) is 4.90 Å². The van der Waals surface area contributed by atoms with Gasteiger partial charge in [-0.1, -0.05) is 18.2 Å². The van der Waals surface area contributed by atoms with Crippen LogP contribution in [0.3, 0.4) is 0 Å². The predicted octanol–water partition coefficient (Wildman–Crippen LogP) is 5.18. The standard InChI is InChI=1S/C26H28N4O4/c1-33-23-13-7-19(8-14-23)18-29-15-4-16-30(26(29)32)22-11-9-20(10-12-22)27-25(31)28-21-5-3-6-24(17-21)34-2/h3,5-14,17H,4,15-16,18H2,1-2H3,(H2,27,28,31). The number of ether oxygens (including phenoxy) is 2. The Labute approximate surface area is 199 Å². The van der Waals surface area contributed by atoms with Gasteiger partial charge in [-0.2, -0.15) is 0 Å². The highest BCUT2D eigenvalue weighted by atomic mass is 16.5. The summed E-state index contributed by atoms with van der Waals surface area (Å²) in [6.07, 6.45) is 0.880. The molecule has 0 radical (unpaired) electrons. The predicted molar refractivity (Wildman–Crippen MR) is 133 cm³/mol. The van der Waals surface area contributed by atoms with E-state index in [1.165, 1.54) is 0 Å². The minimum atomic E-state index is -0.360. The zero-order chi connectivity index (χ0) is 23.9. The van der Waals surface area contributed by atoms with Crippen molar-refractivity contribution in [3.05, 3.63) is 78.4 Å². The average molecular weight is 461 g/mol. The number of amides is 4. The van der Waals surface area contributed by atoms with Crippen LogP contribution in [0.1, 0.15) is 12.0 Å². The Morgan fingerprint density at radius 2 is 1.56 bits per heavy atom. The first-order chi connectivity index (χ1) is 16.6. The lowest BCUT2D eigenvalue weighted by atomic mass is 10.1. The Hall–Kier alpha value is -4.20. The van der Waals surface area contributed by atoms with Crippen molar-refractivity contribution < 1.29 is 19.1 Å². The summed E-state index contributed by atoms with van der Waals surface area (Å²) in [6, 6.07) is 21.8. The molecule has 1 saturated heterocycles. The molecular weight excluding hydrogens is 432 g/mol. The third-order valence-electron chi connectivity index (χ3n) is 5.61. The smallest absolute Gasteiger partial charge is 0.324 e. The van der Waals surface area contributed by atoms with Gasteiger partial charge in [0.25, 0.3) is 0 Å². The van der Waals surface area contributed by atoms with Crippen LogP contribution >= 0.6 is 0 Å². The maximum atomic E-state index is 13.1. The molecule has 0 unspecified atom stereocenters. The third kappa shape index (κ3) is 5.58. The van der Waals surface area contributed by atoms with E-state index in [0.29, 0.717) is 36.8 Å². The topological polar surface area (TPSA) is 83.1 Å². The van der Waals surface area contributed by atoms with Gasteiger partial charge in [-0.3, -0.25) is 4.90 Å². The van der Waals surface area contributed by atoms with Gasteiger partial charge in [0.2, 0.25) is 0 Å². The van der Waals surface area contributed by atoms with E-state index in [2.05, 4.69) is 10.6 Å². The largest absolute Gasteiger partial charge is 0.497 e. The number of rotatable bonds is 7. The maximum Gasteiger partial charge on any atom is 0.324 e. The van der Waals surface area contributed by atoms with Gasteiger partial charge in [-0.15, -0.1) is 0 Å². The average Bonchev–Trinajstić information content (AvgIpc) is 2.86. The molecule has 0 atom stereocenters. The molecule has 1 fully saturated rings. The fourth-order valence-electron chi connectivity index (χ4n) is 3.84. The van der Waals surface area contributed by atoms with Crippen LogP contribution in [0, 0.1) is 0 Å². The SMILES string of the molecule is COc1ccc(CN2CCCN(c3ccc(NC(=O)Nc4cccc(OC)c4)cc3)C2=O)cc1. The molecule has 3 aromatic rings. The van der Waals surface area contributed by atoms with Gasteiger partial charge in [0, 0.05) is 42.8 Å². The minimum Gasteiger partial charge on any atom is -0.497 e. The summed E-state index contributed by atoms with van der Waals surface area (Å²) in [5.74, 6) is 1.45. The van der Waals surface area contributed by atoms with E-state index in [1.807, 2.05) is 47.4 Å². The summed E-state index contributed by atoms with van der Waals surface area (Å²) >= 11 is 0. The summed E-state index contributed by atoms with van der Waals surface area (Å²) in [5, 5.41) is 5.58. The Balaban J connectivity index is 1.36. The van der Waals surface area contributed by atoms with Crippen molar-refractivity contribution >= 4 is 29.1 Å². The Morgan fingerprint density at radius 1 is 0.853 bits per heavy atom. The number of hydrogen-bond acceptors (Lipinski definition) is 4. The van der Waals surface area contributed by atoms with Crippen molar-refractivity contribution in [3.8, 4) is 11.5 Å². The lowest BCUT2D eigenvalue weighted by Gasteiger charge is -2.35. The fraction of sp³-hybridized carbons (Fsp3) is 0.231. The highest BCUT2D eigenvalue weighted by molar-refractivity contribution is 6.00. The van der Waals surface area contributed by atoms with E-state index in [1.54, 1.807) is 49.5 Å². The van der Waals surface area contributed by atoms with Crippen molar-refractivity contribution in [2.75, 3.05) is 42.8 Å². The number of nitrogens with zero attached hydrogens (tertiary/aromatic N) is 2. The number of carbonyl (C=O) groups excluding carboxylic acids is 2. The van der Waals surface area contributed by atoms with Crippen LogP contribution in [0.5, 0.6) is 11.5 Å². The molecule has 1 aliphatic rings. The van der Waals surface area contributed by atoms with Crippen LogP contribution in [0.2, 0.25) is 0 Å². The highest BCUT2D eigenvalue weighted by Gasteiger charge is 2.26. The van der Waals surface area contributed by atoms with Crippen molar-refractivity contribution in [2.45, 2.75) is 13.0 Å². The highest BCUT2D eigenvalue weighted by Crippen LogP contribution is 2.24. The van der Waals surface area contributed by atoms with E-state index >= 15 is 0 Å². The quantitative estimate of drug-likeness (QED) is 0.509. The molecule has 34 heavy (non-hydrogen) atoms. The van der Waals surface area contributed by atoms with Crippen LogP contribution < -0.4 is 25.0 Å². The summed E-state index contributed by atoms with van der Waals surface area (Å²) in [7, 11) is 3.21. The number of hydrogen-bond donors (Lipinski definition) is 2. The second-order valence-electron chi connectivity index (χ2n) is 7.92. The Kier molecular flexibility index (Phi) is 7.17. The second kappa shape index (κ2) is 10.6. The summed E-state index contributed by atoms with van der Waals surface area (Å²) in [6.45, 7) is 1.91. The maximum absolute atomic E-state index is 13.1. The lowest BCUT2D eigenvalue weighted by Crippen LogP contribution is -2.49. The first kappa shape index (κ1) is 23.0. The Morgan fingerprint density at radius 3 is 2.26 bits per heavy atom. The molecule has 1 heterocycles. The number of carbonyl (C=O) groups is 2.